The number of hydrogen-bond acceptors (Lipinski definition) is 2. The summed E-state index contributed by atoms with van der Waals surface area (Å²) in [4.78, 5) is 0. The Hall–Kier alpha value is -0.0800. The lowest BCUT2D eigenvalue weighted by Gasteiger charge is -2.10. The van der Waals surface area contributed by atoms with Crippen molar-refractivity contribution in [3.05, 3.63) is 0 Å². The van der Waals surface area contributed by atoms with Crippen molar-refractivity contribution in [2.24, 2.45) is 0 Å². The Morgan fingerprint density at radius 1 is 1.08 bits per heavy atom. The zero-order chi connectivity index (χ0) is 8.65. The fourth-order valence-corrected chi connectivity index (χ4v) is 1.58. The summed E-state index contributed by atoms with van der Waals surface area (Å²) in [6.45, 7) is 4.54. The highest BCUT2D eigenvalue weighted by Crippen LogP contribution is 2.20. The molecule has 0 N–H and O–H groups in total. The molecule has 0 spiro atoms. The van der Waals surface area contributed by atoms with Crippen LogP contribution < -0.4 is 0 Å². The second kappa shape index (κ2) is 6.44. The van der Waals surface area contributed by atoms with Gasteiger partial charge < -0.3 is 9.47 Å². The van der Waals surface area contributed by atoms with Crippen molar-refractivity contribution in [1.29, 1.82) is 0 Å². The molecule has 1 fully saturated rings. The molecule has 0 amide bonds. The Morgan fingerprint density at radius 2 is 1.83 bits per heavy atom. The molecule has 0 saturated heterocycles. The Balaban J connectivity index is 1.81. The monoisotopic (exact) mass is 172 g/mol. The summed E-state index contributed by atoms with van der Waals surface area (Å²) in [7, 11) is 0. The maximum absolute atomic E-state index is 5.62. The van der Waals surface area contributed by atoms with Gasteiger partial charge >= 0.3 is 0 Å². The molecule has 1 aliphatic carbocycles. The van der Waals surface area contributed by atoms with Crippen LogP contribution in [0, 0.1) is 0 Å². The summed E-state index contributed by atoms with van der Waals surface area (Å²) < 4.78 is 10.9. The van der Waals surface area contributed by atoms with Crippen LogP contribution in [-0.2, 0) is 9.47 Å². The molecule has 2 heteroatoms. The van der Waals surface area contributed by atoms with Crippen molar-refractivity contribution in [3.8, 4) is 0 Å². The lowest BCUT2D eigenvalue weighted by atomic mass is 10.3. The van der Waals surface area contributed by atoms with Crippen molar-refractivity contribution in [3.63, 3.8) is 0 Å². The first-order valence-corrected chi connectivity index (χ1v) is 5.13. The van der Waals surface area contributed by atoms with Gasteiger partial charge in [-0.15, -0.1) is 0 Å². The predicted octanol–water partition coefficient (Wildman–Crippen LogP) is 2.37. The van der Waals surface area contributed by atoms with Gasteiger partial charge in [-0.05, 0) is 19.3 Å². The lowest BCUT2D eigenvalue weighted by molar-refractivity contribution is 0.00811. The number of rotatable bonds is 6. The van der Waals surface area contributed by atoms with Gasteiger partial charge in [-0.25, -0.2) is 0 Å². The minimum Gasteiger partial charge on any atom is -0.379 e. The molecule has 0 heterocycles. The van der Waals surface area contributed by atoms with Crippen LogP contribution in [-0.4, -0.2) is 25.9 Å². The van der Waals surface area contributed by atoms with Gasteiger partial charge in [0.15, 0.2) is 0 Å². The molecular weight excluding hydrogens is 152 g/mol. The summed E-state index contributed by atoms with van der Waals surface area (Å²) in [5, 5.41) is 0. The van der Waals surface area contributed by atoms with E-state index in [4.69, 9.17) is 9.47 Å². The van der Waals surface area contributed by atoms with Gasteiger partial charge in [-0.2, -0.15) is 0 Å². The average Bonchev–Trinajstić information content (AvgIpc) is 2.57. The van der Waals surface area contributed by atoms with Gasteiger partial charge in [-0.3, -0.25) is 0 Å². The third-order valence-electron chi connectivity index (χ3n) is 2.23. The smallest absolute Gasteiger partial charge is 0.0704 e. The molecule has 1 aliphatic rings. The largest absolute Gasteiger partial charge is 0.379 e. The van der Waals surface area contributed by atoms with Gasteiger partial charge in [-0.1, -0.05) is 19.8 Å². The van der Waals surface area contributed by atoms with Crippen LogP contribution >= 0.6 is 0 Å². The van der Waals surface area contributed by atoms with Crippen LogP contribution in [0.25, 0.3) is 0 Å². The molecule has 72 valence electrons. The molecule has 2 nitrogen and oxygen atoms in total. The van der Waals surface area contributed by atoms with E-state index in [9.17, 15) is 0 Å². The Bertz CT molecular complexity index is 98.0. The zero-order valence-electron chi connectivity index (χ0n) is 8.05. The Morgan fingerprint density at radius 3 is 2.50 bits per heavy atom. The molecule has 0 unspecified atom stereocenters. The molecule has 0 aromatic heterocycles. The second-order valence-electron chi connectivity index (χ2n) is 3.39. The number of ether oxygens (including phenoxy) is 2. The fraction of sp³-hybridized carbons (Fsp3) is 1.00. The van der Waals surface area contributed by atoms with Crippen molar-refractivity contribution in [1.82, 2.24) is 0 Å². The van der Waals surface area contributed by atoms with Gasteiger partial charge in [0.2, 0.25) is 0 Å². The fourth-order valence-electron chi connectivity index (χ4n) is 1.58. The van der Waals surface area contributed by atoms with Crippen LogP contribution in [0.3, 0.4) is 0 Å². The summed E-state index contributed by atoms with van der Waals surface area (Å²) in [6, 6.07) is 0. The molecular formula is C10H20O2. The van der Waals surface area contributed by atoms with E-state index in [0.29, 0.717) is 6.10 Å². The van der Waals surface area contributed by atoms with Crippen LogP contribution in [0.4, 0.5) is 0 Å². The first kappa shape index (κ1) is 10.0. The van der Waals surface area contributed by atoms with E-state index in [-0.39, 0.29) is 0 Å². The normalized spacial score (nSPS) is 18.8. The maximum atomic E-state index is 5.62. The van der Waals surface area contributed by atoms with Crippen molar-refractivity contribution in [2.45, 2.75) is 45.1 Å². The minimum absolute atomic E-state index is 0.537. The van der Waals surface area contributed by atoms with Crippen molar-refractivity contribution in [2.75, 3.05) is 19.8 Å². The molecule has 0 radical (unpaired) electrons. The summed E-state index contributed by atoms with van der Waals surface area (Å²) in [5.41, 5.74) is 0. The quantitative estimate of drug-likeness (QED) is 0.573. The van der Waals surface area contributed by atoms with E-state index in [1.54, 1.807) is 0 Å². The highest BCUT2D eigenvalue weighted by Gasteiger charge is 2.14. The molecule has 1 rings (SSSR count). The van der Waals surface area contributed by atoms with Crippen molar-refractivity contribution < 1.29 is 9.47 Å². The summed E-state index contributed by atoms with van der Waals surface area (Å²) in [5.74, 6) is 0. The third kappa shape index (κ3) is 4.07. The topological polar surface area (TPSA) is 18.5 Å². The SMILES string of the molecule is CCCOCCOC1CCCC1. The van der Waals surface area contributed by atoms with E-state index < -0.39 is 0 Å². The van der Waals surface area contributed by atoms with Crippen LogP contribution in [0.15, 0.2) is 0 Å². The Labute approximate surface area is 75.2 Å². The minimum atomic E-state index is 0.537. The predicted molar refractivity (Wildman–Crippen MR) is 49.3 cm³/mol. The zero-order valence-corrected chi connectivity index (χ0v) is 8.05. The maximum Gasteiger partial charge on any atom is 0.0704 e. The van der Waals surface area contributed by atoms with E-state index in [2.05, 4.69) is 6.92 Å². The van der Waals surface area contributed by atoms with Gasteiger partial charge in [0.25, 0.3) is 0 Å². The first-order valence-electron chi connectivity index (χ1n) is 5.13. The van der Waals surface area contributed by atoms with Gasteiger partial charge in [0, 0.05) is 6.61 Å². The second-order valence-corrected chi connectivity index (χ2v) is 3.39. The van der Waals surface area contributed by atoms with E-state index in [0.717, 1.165) is 26.2 Å². The van der Waals surface area contributed by atoms with Crippen LogP contribution in [0.5, 0.6) is 0 Å². The first-order chi connectivity index (χ1) is 5.93. The summed E-state index contributed by atoms with van der Waals surface area (Å²) in [6.07, 6.45) is 6.85. The van der Waals surface area contributed by atoms with Crippen molar-refractivity contribution >= 4 is 0 Å². The molecule has 0 aromatic carbocycles. The Kier molecular flexibility index (Phi) is 5.37. The molecule has 0 bridgehead atoms. The van der Waals surface area contributed by atoms with E-state index in [1.807, 2.05) is 0 Å². The van der Waals surface area contributed by atoms with Crippen LogP contribution in [0.1, 0.15) is 39.0 Å². The third-order valence-corrected chi connectivity index (χ3v) is 2.23. The summed E-state index contributed by atoms with van der Waals surface area (Å²) >= 11 is 0. The highest BCUT2D eigenvalue weighted by molar-refractivity contribution is 4.66. The van der Waals surface area contributed by atoms with Gasteiger partial charge in [0.05, 0.1) is 19.3 Å². The van der Waals surface area contributed by atoms with Crippen LogP contribution in [0.2, 0.25) is 0 Å². The van der Waals surface area contributed by atoms with Gasteiger partial charge in [0.1, 0.15) is 0 Å². The number of hydrogen-bond donors (Lipinski definition) is 0. The van der Waals surface area contributed by atoms with E-state index >= 15 is 0 Å². The molecule has 12 heavy (non-hydrogen) atoms. The molecule has 1 saturated carbocycles. The van der Waals surface area contributed by atoms with E-state index in [1.165, 1.54) is 25.7 Å². The molecule has 0 aliphatic heterocycles. The standard InChI is InChI=1S/C10H20O2/c1-2-7-11-8-9-12-10-5-3-4-6-10/h10H,2-9H2,1H3. The lowest BCUT2D eigenvalue weighted by Crippen LogP contribution is -2.12. The highest BCUT2D eigenvalue weighted by atomic mass is 16.5. The molecule has 0 atom stereocenters. The average molecular weight is 172 g/mol. The molecule has 0 aromatic rings.